The van der Waals surface area contributed by atoms with E-state index in [0.29, 0.717) is 28.0 Å². The molecule has 0 spiro atoms. The van der Waals surface area contributed by atoms with Gasteiger partial charge in [0.1, 0.15) is 11.5 Å². The Morgan fingerprint density at radius 3 is 2.83 bits per heavy atom. The van der Waals surface area contributed by atoms with Crippen LogP contribution in [0.25, 0.3) is 0 Å². The van der Waals surface area contributed by atoms with Crippen molar-refractivity contribution >= 4 is 45.7 Å². The highest BCUT2D eigenvalue weighted by atomic mass is 35.5. The third-order valence-electron chi connectivity index (χ3n) is 4.36. The third kappa shape index (κ3) is 4.96. The quantitative estimate of drug-likeness (QED) is 0.563. The fourth-order valence-corrected chi connectivity index (χ4v) is 3.80. The summed E-state index contributed by atoms with van der Waals surface area (Å²) in [7, 11) is 0. The molecule has 1 aromatic heterocycles. The lowest BCUT2D eigenvalue weighted by Crippen LogP contribution is -2.15. The Bertz CT molecular complexity index is 1080. The Balaban J connectivity index is 1.29. The lowest BCUT2D eigenvalue weighted by atomic mass is 10.2. The van der Waals surface area contributed by atoms with Gasteiger partial charge in [0.2, 0.25) is 5.91 Å². The topological polar surface area (TPSA) is 63.6 Å². The van der Waals surface area contributed by atoms with Crippen LogP contribution in [0, 0.1) is 6.92 Å². The number of anilines is 1. The molecule has 146 valence electrons. The molecule has 1 aliphatic rings. The molecule has 2 heterocycles. The van der Waals surface area contributed by atoms with Gasteiger partial charge in [0.15, 0.2) is 0 Å². The molecular formula is C22H18ClN3O2S. The maximum Gasteiger partial charge on any atom is 0.234 e. The SMILES string of the molecule is Cc1ccncc1Oc1ccc(NC(=O)CSC2=Nc3cc(Cl)ccc3C2)cc1. The second kappa shape index (κ2) is 8.68. The van der Waals surface area contributed by atoms with Crippen molar-refractivity contribution in [1.29, 1.82) is 0 Å². The number of nitrogens with zero attached hydrogens (tertiary/aromatic N) is 2. The van der Waals surface area contributed by atoms with Crippen molar-refractivity contribution < 1.29 is 9.53 Å². The Labute approximate surface area is 178 Å². The number of hydrogen-bond donors (Lipinski definition) is 1. The number of fused-ring (bicyclic) bond motifs is 1. The van der Waals surface area contributed by atoms with E-state index in [2.05, 4.69) is 15.3 Å². The van der Waals surface area contributed by atoms with Gasteiger partial charge in [-0.05, 0) is 60.5 Å². The van der Waals surface area contributed by atoms with Gasteiger partial charge in [-0.3, -0.25) is 9.78 Å². The molecule has 0 fully saturated rings. The number of rotatable bonds is 5. The van der Waals surface area contributed by atoms with Crippen molar-refractivity contribution in [2.75, 3.05) is 11.1 Å². The molecule has 29 heavy (non-hydrogen) atoms. The number of hydrogen-bond acceptors (Lipinski definition) is 5. The predicted octanol–water partition coefficient (Wildman–Crippen LogP) is 5.79. The Kier molecular flexibility index (Phi) is 5.83. The van der Waals surface area contributed by atoms with Gasteiger partial charge in [-0.25, -0.2) is 4.99 Å². The zero-order chi connectivity index (χ0) is 20.2. The monoisotopic (exact) mass is 423 g/mol. The van der Waals surface area contributed by atoms with E-state index in [4.69, 9.17) is 16.3 Å². The molecule has 0 unspecified atom stereocenters. The zero-order valence-electron chi connectivity index (χ0n) is 15.7. The highest BCUT2D eigenvalue weighted by Gasteiger charge is 2.16. The third-order valence-corrected chi connectivity index (χ3v) is 5.57. The number of pyridine rings is 1. The zero-order valence-corrected chi connectivity index (χ0v) is 17.3. The standard InChI is InChI=1S/C22H18ClN3O2S/c1-14-8-9-24-12-20(14)28-18-6-4-17(5-7-18)25-21(27)13-29-22-10-15-2-3-16(23)11-19(15)26-22/h2-9,11-12H,10,13H2,1H3,(H,25,27). The molecule has 5 nitrogen and oxygen atoms in total. The van der Waals surface area contributed by atoms with Crippen LogP contribution in [0.3, 0.4) is 0 Å². The van der Waals surface area contributed by atoms with Gasteiger partial charge in [0.25, 0.3) is 0 Å². The number of carbonyl (C=O) groups is 1. The van der Waals surface area contributed by atoms with Crippen LogP contribution in [0.5, 0.6) is 11.5 Å². The number of halogens is 1. The summed E-state index contributed by atoms with van der Waals surface area (Å²) >= 11 is 7.44. The van der Waals surface area contributed by atoms with E-state index in [0.717, 1.165) is 28.3 Å². The number of aromatic nitrogens is 1. The van der Waals surface area contributed by atoms with Crippen LogP contribution in [-0.2, 0) is 11.2 Å². The van der Waals surface area contributed by atoms with Crippen LogP contribution in [0.4, 0.5) is 11.4 Å². The van der Waals surface area contributed by atoms with Gasteiger partial charge in [0, 0.05) is 23.3 Å². The normalized spacial score (nSPS) is 12.3. The van der Waals surface area contributed by atoms with Crippen LogP contribution in [0.15, 0.2) is 65.9 Å². The summed E-state index contributed by atoms with van der Waals surface area (Å²) in [4.78, 5) is 20.9. The molecule has 0 atom stereocenters. The average Bonchev–Trinajstić information content (AvgIpc) is 3.12. The molecule has 0 bridgehead atoms. The van der Waals surface area contributed by atoms with Crippen LogP contribution < -0.4 is 10.1 Å². The number of aryl methyl sites for hydroxylation is 1. The average molecular weight is 424 g/mol. The minimum atomic E-state index is -0.0801. The van der Waals surface area contributed by atoms with Gasteiger partial charge in [-0.1, -0.05) is 17.7 Å². The maximum absolute atomic E-state index is 12.3. The molecule has 7 heteroatoms. The number of carbonyl (C=O) groups excluding carboxylic acids is 1. The molecule has 0 saturated heterocycles. The maximum atomic E-state index is 12.3. The van der Waals surface area contributed by atoms with Crippen LogP contribution in [0.2, 0.25) is 5.02 Å². The summed E-state index contributed by atoms with van der Waals surface area (Å²) in [5, 5.41) is 4.49. The molecule has 0 radical (unpaired) electrons. The first-order valence-electron chi connectivity index (χ1n) is 9.04. The number of amides is 1. The number of aliphatic imine (C=N–C) groups is 1. The van der Waals surface area contributed by atoms with Crippen LogP contribution >= 0.6 is 23.4 Å². The van der Waals surface area contributed by atoms with Gasteiger partial charge in [-0.2, -0.15) is 0 Å². The van der Waals surface area contributed by atoms with E-state index in [-0.39, 0.29) is 5.91 Å². The Morgan fingerprint density at radius 2 is 2.03 bits per heavy atom. The van der Waals surface area contributed by atoms with Crippen molar-refractivity contribution in [3.05, 3.63) is 77.1 Å². The largest absolute Gasteiger partial charge is 0.455 e. The summed E-state index contributed by atoms with van der Waals surface area (Å²) in [6.45, 7) is 1.96. The summed E-state index contributed by atoms with van der Waals surface area (Å²) in [6.07, 6.45) is 4.15. The van der Waals surface area contributed by atoms with Crippen LogP contribution in [-0.4, -0.2) is 21.7 Å². The fraction of sp³-hybridized carbons (Fsp3) is 0.136. The van der Waals surface area contributed by atoms with Gasteiger partial charge < -0.3 is 10.1 Å². The van der Waals surface area contributed by atoms with Crippen molar-refractivity contribution in [2.24, 2.45) is 4.99 Å². The van der Waals surface area contributed by atoms with E-state index in [1.54, 1.807) is 12.4 Å². The van der Waals surface area contributed by atoms with E-state index in [9.17, 15) is 4.79 Å². The lowest BCUT2D eigenvalue weighted by molar-refractivity contribution is -0.113. The minimum Gasteiger partial charge on any atom is -0.455 e. The van der Waals surface area contributed by atoms with Gasteiger partial charge >= 0.3 is 0 Å². The Hall–Kier alpha value is -2.83. The first-order chi connectivity index (χ1) is 14.1. The van der Waals surface area contributed by atoms with Gasteiger partial charge in [-0.15, -0.1) is 11.8 Å². The second-order valence-electron chi connectivity index (χ2n) is 6.56. The number of ether oxygens (including phenoxy) is 1. The molecule has 3 aromatic rings. The summed E-state index contributed by atoms with van der Waals surface area (Å²) in [5.74, 6) is 1.61. The van der Waals surface area contributed by atoms with E-state index in [1.807, 2.05) is 55.5 Å². The first-order valence-corrected chi connectivity index (χ1v) is 10.4. The first kappa shape index (κ1) is 19.5. The lowest BCUT2D eigenvalue weighted by Gasteiger charge is -2.09. The highest BCUT2D eigenvalue weighted by molar-refractivity contribution is 8.14. The summed E-state index contributed by atoms with van der Waals surface area (Å²) in [5.41, 5.74) is 3.75. The minimum absolute atomic E-state index is 0.0801. The number of nitrogens with one attached hydrogen (secondary N) is 1. The van der Waals surface area contributed by atoms with E-state index in [1.165, 1.54) is 11.8 Å². The number of thioether (sulfide) groups is 1. The molecule has 1 N–H and O–H groups in total. The molecule has 4 rings (SSSR count). The molecular weight excluding hydrogens is 406 g/mol. The summed E-state index contributed by atoms with van der Waals surface area (Å²) in [6, 6.07) is 14.8. The summed E-state index contributed by atoms with van der Waals surface area (Å²) < 4.78 is 5.82. The van der Waals surface area contributed by atoms with Crippen LogP contribution in [0.1, 0.15) is 11.1 Å². The van der Waals surface area contributed by atoms with Gasteiger partial charge in [0.05, 0.1) is 22.7 Å². The molecule has 0 saturated carbocycles. The molecule has 2 aromatic carbocycles. The van der Waals surface area contributed by atoms with Crippen molar-refractivity contribution in [3.63, 3.8) is 0 Å². The molecule has 1 aliphatic heterocycles. The predicted molar refractivity (Wildman–Crippen MR) is 119 cm³/mol. The van der Waals surface area contributed by atoms with Crippen molar-refractivity contribution in [2.45, 2.75) is 13.3 Å². The molecule has 1 amide bonds. The van der Waals surface area contributed by atoms with Crippen molar-refractivity contribution in [3.8, 4) is 11.5 Å². The highest BCUT2D eigenvalue weighted by Crippen LogP contribution is 2.32. The van der Waals surface area contributed by atoms with Crippen molar-refractivity contribution in [1.82, 2.24) is 4.98 Å². The number of benzene rings is 2. The van der Waals surface area contributed by atoms with E-state index < -0.39 is 0 Å². The molecule has 0 aliphatic carbocycles. The second-order valence-corrected chi connectivity index (χ2v) is 8.04. The Morgan fingerprint density at radius 1 is 1.21 bits per heavy atom. The fourth-order valence-electron chi connectivity index (χ4n) is 2.85. The van der Waals surface area contributed by atoms with E-state index >= 15 is 0 Å². The smallest absolute Gasteiger partial charge is 0.234 e.